The third-order valence-corrected chi connectivity index (χ3v) is 6.73. The molecule has 0 aliphatic carbocycles. The number of benzene rings is 3. The SMILES string of the molecule is CC(C)(C)OC(=O)NC[C@]1(c2ccccc2)Oc2cc(F)c(Cl)c(-c3c(C(N)=O)ccc(OCCO)c3F)c2[C@@H]1O. The lowest BCUT2D eigenvalue weighted by atomic mass is 9.83. The van der Waals surface area contributed by atoms with Crippen LogP contribution < -0.4 is 20.5 Å². The number of aliphatic hydroxyl groups excluding tert-OH is 2. The fraction of sp³-hybridized carbons (Fsp3) is 0.310. The number of ether oxygens (including phenoxy) is 3. The smallest absolute Gasteiger partial charge is 0.407 e. The Hall–Kier alpha value is -3.93. The minimum Gasteiger partial charge on any atom is -0.488 e. The maximum atomic E-state index is 15.9. The number of hydrogen-bond donors (Lipinski definition) is 4. The number of amides is 2. The Kier molecular flexibility index (Phi) is 8.44. The van der Waals surface area contributed by atoms with Gasteiger partial charge in [-0.3, -0.25) is 4.79 Å². The average Bonchev–Trinajstić information content (AvgIpc) is 3.19. The summed E-state index contributed by atoms with van der Waals surface area (Å²) in [6.07, 6.45) is -2.48. The summed E-state index contributed by atoms with van der Waals surface area (Å²) in [6, 6.07) is 11.5. The van der Waals surface area contributed by atoms with E-state index in [1.165, 1.54) is 0 Å². The monoisotopic (exact) mass is 590 g/mol. The maximum absolute atomic E-state index is 15.9. The van der Waals surface area contributed by atoms with Crippen LogP contribution in [0.5, 0.6) is 11.5 Å². The average molecular weight is 591 g/mol. The summed E-state index contributed by atoms with van der Waals surface area (Å²) < 4.78 is 48.0. The summed E-state index contributed by atoms with van der Waals surface area (Å²) in [4.78, 5) is 24.9. The molecule has 0 saturated heterocycles. The van der Waals surface area contributed by atoms with Crippen molar-refractivity contribution in [3.05, 3.63) is 81.9 Å². The fourth-order valence-corrected chi connectivity index (χ4v) is 4.92. The van der Waals surface area contributed by atoms with Gasteiger partial charge in [0.25, 0.3) is 0 Å². The van der Waals surface area contributed by atoms with Crippen LogP contribution in [0.25, 0.3) is 11.1 Å². The first kappa shape index (κ1) is 30.0. The van der Waals surface area contributed by atoms with E-state index in [1.807, 2.05) is 0 Å². The predicted octanol–water partition coefficient (Wildman–Crippen LogP) is 4.60. The van der Waals surface area contributed by atoms with Crippen LogP contribution in [0.1, 0.15) is 48.4 Å². The van der Waals surface area contributed by atoms with E-state index in [0.29, 0.717) is 5.56 Å². The highest BCUT2D eigenvalue weighted by Gasteiger charge is 2.52. The Bertz CT molecular complexity index is 1480. The number of fused-ring (bicyclic) bond motifs is 1. The van der Waals surface area contributed by atoms with Crippen LogP contribution in [0, 0.1) is 11.6 Å². The van der Waals surface area contributed by atoms with Crippen molar-refractivity contribution in [2.45, 2.75) is 38.1 Å². The lowest BCUT2D eigenvalue weighted by Gasteiger charge is -2.33. The van der Waals surface area contributed by atoms with Crippen LogP contribution in [0.15, 0.2) is 48.5 Å². The number of nitrogens with two attached hydrogens (primary N) is 1. The molecular weight excluding hydrogens is 562 g/mol. The van der Waals surface area contributed by atoms with Crippen molar-refractivity contribution in [3.63, 3.8) is 0 Å². The van der Waals surface area contributed by atoms with E-state index in [4.69, 9.17) is 36.7 Å². The molecule has 0 saturated carbocycles. The number of carbonyl (C=O) groups excluding carboxylic acids is 2. The van der Waals surface area contributed by atoms with Gasteiger partial charge in [-0.05, 0) is 32.9 Å². The summed E-state index contributed by atoms with van der Waals surface area (Å²) in [5.41, 5.74) is 1.92. The van der Waals surface area contributed by atoms with Gasteiger partial charge in [-0.15, -0.1) is 0 Å². The Morgan fingerprint density at radius 1 is 1.15 bits per heavy atom. The van der Waals surface area contributed by atoms with Gasteiger partial charge in [-0.25, -0.2) is 13.6 Å². The second-order valence-corrected chi connectivity index (χ2v) is 10.7. The van der Waals surface area contributed by atoms with Gasteiger partial charge >= 0.3 is 6.09 Å². The van der Waals surface area contributed by atoms with E-state index in [9.17, 15) is 14.7 Å². The maximum Gasteiger partial charge on any atom is 0.407 e. The molecule has 1 aliphatic heterocycles. The van der Waals surface area contributed by atoms with Crippen LogP contribution in [0.4, 0.5) is 13.6 Å². The largest absolute Gasteiger partial charge is 0.488 e. The van der Waals surface area contributed by atoms with Gasteiger partial charge in [0.05, 0.1) is 23.7 Å². The lowest BCUT2D eigenvalue weighted by Crippen LogP contribution is -2.47. The number of halogens is 3. The molecule has 12 heteroatoms. The number of aliphatic hydroxyl groups is 2. The lowest BCUT2D eigenvalue weighted by molar-refractivity contribution is -0.0336. The van der Waals surface area contributed by atoms with Gasteiger partial charge in [-0.1, -0.05) is 41.9 Å². The van der Waals surface area contributed by atoms with Crippen LogP contribution in [0.2, 0.25) is 5.02 Å². The summed E-state index contributed by atoms with van der Waals surface area (Å²) in [5.74, 6) is -3.80. The molecule has 1 heterocycles. The van der Waals surface area contributed by atoms with Crippen molar-refractivity contribution in [2.24, 2.45) is 5.73 Å². The number of hydrogen-bond acceptors (Lipinski definition) is 7. The van der Waals surface area contributed by atoms with Crippen LogP contribution in [0.3, 0.4) is 0 Å². The molecule has 0 radical (unpaired) electrons. The first-order valence-corrected chi connectivity index (χ1v) is 13.0. The zero-order valence-corrected chi connectivity index (χ0v) is 23.2. The Balaban J connectivity index is 1.93. The molecule has 3 aromatic carbocycles. The van der Waals surface area contributed by atoms with Crippen molar-refractivity contribution in [2.75, 3.05) is 19.8 Å². The molecule has 41 heavy (non-hydrogen) atoms. The number of rotatable bonds is 8. The van der Waals surface area contributed by atoms with Gasteiger partial charge in [-0.2, -0.15) is 0 Å². The van der Waals surface area contributed by atoms with Crippen molar-refractivity contribution >= 4 is 23.6 Å². The van der Waals surface area contributed by atoms with Gasteiger partial charge in [0.2, 0.25) is 5.91 Å². The Labute approximate surface area is 239 Å². The molecule has 0 fully saturated rings. The van der Waals surface area contributed by atoms with Crippen LogP contribution >= 0.6 is 11.6 Å². The molecule has 0 unspecified atom stereocenters. The summed E-state index contributed by atoms with van der Waals surface area (Å²) >= 11 is 6.39. The second-order valence-electron chi connectivity index (χ2n) is 10.3. The zero-order valence-electron chi connectivity index (χ0n) is 22.5. The Morgan fingerprint density at radius 3 is 2.44 bits per heavy atom. The summed E-state index contributed by atoms with van der Waals surface area (Å²) in [7, 11) is 0. The van der Waals surface area contributed by atoms with Crippen molar-refractivity contribution < 1.29 is 42.8 Å². The van der Waals surface area contributed by atoms with E-state index in [0.717, 1.165) is 18.2 Å². The summed E-state index contributed by atoms with van der Waals surface area (Å²) in [6.45, 7) is 3.97. The molecule has 1 aliphatic rings. The standard InChI is InChI=1S/C29H29ClF2N2O7/c1-28(2,3)41-27(38)34-14-29(15-7-5-4-6-8-15)25(36)21-19(40-29)13-17(31)23(30)22(21)20-16(26(33)37)9-10-18(24(20)32)39-12-11-35/h4-10,13,25,35-36H,11-12,14H2,1-3H3,(H2,33,37)(H,34,38)/t25-,29+/m0/s1. The predicted molar refractivity (Wildman–Crippen MR) is 146 cm³/mol. The topological polar surface area (TPSA) is 140 Å². The van der Waals surface area contributed by atoms with Crippen molar-refractivity contribution in [3.8, 4) is 22.6 Å². The highest BCUT2D eigenvalue weighted by atomic mass is 35.5. The molecule has 3 aromatic rings. The molecular formula is C29H29ClF2N2O7. The van der Waals surface area contributed by atoms with Crippen LogP contribution in [-0.4, -0.2) is 47.6 Å². The molecule has 2 atom stereocenters. The second kappa shape index (κ2) is 11.5. The number of primary amides is 1. The third kappa shape index (κ3) is 5.79. The normalized spacial score (nSPS) is 17.9. The number of nitrogens with one attached hydrogen (secondary N) is 1. The van der Waals surface area contributed by atoms with E-state index in [2.05, 4.69) is 5.32 Å². The molecule has 0 aromatic heterocycles. The first-order valence-electron chi connectivity index (χ1n) is 12.6. The Morgan fingerprint density at radius 2 is 1.83 bits per heavy atom. The minimum atomic E-state index is -1.75. The van der Waals surface area contributed by atoms with Gasteiger partial charge < -0.3 is 35.5 Å². The van der Waals surface area contributed by atoms with Gasteiger partial charge in [0.15, 0.2) is 17.2 Å². The third-order valence-electron chi connectivity index (χ3n) is 6.36. The van der Waals surface area contributed by atoms with Gasteiger partial charge in [0, 0.05) is 28.3 Å². The highest BCUT2D eigenvalue weighted by Crippen LogP contribution is 2.55. The van der Waals surface area contributed by atoms with E-state index in [1.54, 1.807) is 51.1 Å². The van der Waals surface area contributed by atoms with E-state index >= 15 is 8.78 Å². The fourth-order valence-electron chi connectivity index (χ4n) is 4.67. The summed E-state index contributed by atoms with van der Waals surface area (Å²) in [5, 5.41) is 23.0. The molecule has 218 valence electrons. The van der Waals surface area contributed by atoms with Crippen molar-refractivity contribution in [1.82, 2.24) is 5.32 Å². The molecule has 0 bridgehead atoms. The first-order chi connectivity index (χ1) is 19.3. The molecule has 0 spiro atoms. The number of alkyl carbamates (subject to hydrolysis) is 1. The zero-order chi connectivity index (χ0) is 30.1. The molecule has 9 nitrogen and oxygen atoms in total. The molecule has 4 rings (SSSR count). The highest BCUT2D eigenvalue weighted by molar-refractivity contribution is 6.34. The molecule has 5 N–H and O–H groups in total. The minimum absolute atomic E-state index is 0.146. The molecule has 2 amide bonds. The number of carbonyl (C=O) groups is 2. The van der Waals surface area contributed by atoms with Crippen LogP contribution in [-0.2, 0) is 10.3 Å². The van der Waals surface area contributed by atoms with Gasteiger partial charge in [0.1, 0.15) is 29.9 Å². The quantitative estimate of drug-likeness (QED) is 0.300. The van der Waals surface area contributed by atoms with E-state index < -0.39 is 58.1 Å². The van der Waals surface area contributed by atoms with Crippen molar-refractivity contribution in [1.29, 1.82) is 0 Å². The van der Waals surface area contributed by atoms with E-state index in [-0.39, 0.29) is 41.3 Å².